The van der Waals surface area contributed by atoms with Gasteiger partial charge in [-0.2, -0.15) is 0 Å². The summed E-state index contributed by atoms with van der Waals surface area (Å²) in [5.74, 6) is 0. The highest BCUT2D eigenvalue weighted by Crippen LogP contribution is 2.49. The van der Waals surface area contributed by atoms with Crippen LogP contribution in [0.5, 0.6) is 0 Å². The third kappa shape index (κ3) is 2.40. The highest BCUT2D eigenvalue weighted by atomic mass is 33.2. The van der Waals surface area contributed by atoms with Crippen LogP contribution in [-0.2, 0) is 8.87 Å². The second-order valence-corrected chi connectivity index (χ2v) is 14.8. The molecule has 20 heavy (non-hydrogen) atoms. The number of fused-ring (bicyclic) bond motifs is 1. The Bertz CT molecular complexity index is 739. The van der Waals surface area contributed by atoms with E-state index in [0.29, 0.717) is 4.90 Å². The van der Waals surface area contributed by atoms with E-state index in [1.165, 1.54) is 0 Å². The fourth-order valence-corrected chi connectivity index (χ4v) is 5.43. The van der Waals surface area contributed by atoms with Gasteiger partial charge in [-0.05, 0) is 36.3 Å². The largest absolute Gasteiger partial charge is 0.377 e. The minimum atomic E-state index is -3.30. The maximum Gasteiger partial charge on any atom is 0.213 e. The molecule has 0 aliphatic rings. The van der Waals surface area contributed by atoms with Crippen molar-refractivity contribution in [2.24, 2.45) is 0 Å². The lowest BCUT2D eigenvalue weighted by Gasteiger charge is -2.27. The summed E-state index contributed by atoms with van der Waals surface area (Å²) >= 11 is 0. The van der Waals surface area contributed by atoms with Crippen LogP contribution in [0.3, 0.4) is 0 Å². The molecule has 2 aromatic rings. The molecule has 0 aromatic heterocycles. The van der Waals surface area contributed by atoms with Crippen LogP contribution in [0.15, 0.2) is 41.3 Å². The molecule has 0 unspecified atom stereocenters. The molecule has 0 radical (unpaired) electrons. The summed E-state index contributed by atoms with van der Waals surface area (Å²) in [5, 5.41) is 1.78. The number of nitrogens with zero attached hydrogens (tertiary/aromatic N) is 1. The number of benzene rings is 2. The predicted octanol–water partition coefficient (Wildman–Crippen LogP) is 3.29. The van der Waals surface area contributed by atoms with Crippen LogP contribution in [-0.4, -0.2) is 41.3 Å². The van der Waals surface area contributed by atoms with E-state index in [4.69, 9.17) is 0 Å². The maximum absolute atomic E-state index is 12.9. The van der Waals surface area contributed by atoms with Crippen molar-refractivity contribution in [2.75, 3.05) is 37.8 Å². The highest BCUT2D eigenvalue weighted by Gasteiger charge is 2.28. The molecule has 0 amide bonds. The van der Waals surface area contributed by atoms with Crippen LogP contribution < -0.4 is 4.90 Å². The minimum Gasteiger partial charge on any atom is -0.377 e. The van der Waals surface area contributed by atoms with E-state index in [1.54, 1.807) is 6.07 Å². The van der Waals surface area contributed by atoms with Gasteiger partial charge >= 0.3 is 0 Å². The first kappa shape index (κ1) is 15.2. The molecule has 0 bridgehead atoms. The first-order valence-corrected chi connectivity index (χ1v) is 11.1. The van der Waals surface area contributed by atoms with Gasteiger partial charge in [0.05, 0.1) is 4.90 Å². The smallest absolute Gasteiger partial charge is 0.213 e. The SMILES string of the molecule is CN(C)c1cccc2cccc(S(=O)(=O)S(C)(C)C)c12. The molecule has 0 saturated heterocycles. The lowest BCUT2D eigenvalue weighted by Crippen LogP contribution is -2.13. The Morgan fingerprint density at radius 3 is 1.95 bits per heavy atom. The highest BCUT2D eigenvalue weighted by molar-refractivity contribution is 8.89. The first-order valence-electron chi connectivity index (χ1n) is 6.28. The lowest BCUT2D eigenvalue weighted by atomic mass is 10.1. The third-order valence-electron chi connectivity index (χ3n) is 3.25. The van der Waals surface area contributed by atoms with Gasteiger partial charge in [0.15, 0.2) is 0 Å². The number of hydrogen-bond acceptors (Lipinski definition) is 3. The minimum absolute atomic E-state index is 0.446. The Morgan fingerprint density at radius 2 is 1.45 bits per heavy atom. The lowest BCUT2D eigenvalue weighted by molar-refractivity contribution is 0.610. The van der Waals surface area contributed by atoms with Gasteiger partial charge in [-0.25, -0.2) is 8.42 Å². The molecular weight excluding hydrogens is 290 g/mol. The van der Waals surface area contributed by atoms with E-state index in [9.17, 15) is 8.42 Å². The standard InChI is InChI=1S/C15H21NO2S2/c1-16(2)13-10-6-8-12-9-7-11-14(15(12)13)20(17,18)19(3,4)5/h6-11H,1-5H3. The average molecular weight is 311 g/mol. The average Bonchev–Trinajstić information content (AvgIpc) is 2.35. The summed E-state index contributed by atoms with van der Waals surface area (Å²) in [6.07, 6.45) is 5.46. The topological polar surface area (TPSA) is 37.4 Å². The van der Waals surface area contributed by atoms with Crippen LogP contribution in [0.2, 0.25) is 0 Å². The van der Waals surface area contributed by atoms with Crippen molar-refractivity contribution in [3.63, 3.8) is 0 Å². The summed E-state index contributed by atoms with van der Waals surface area (Å²) in [6.45, 7) is 0. The molecule has 0 heterocycles. The van der Waals surface area contributed by atoms with E-state index >= 15 is 0 Å². The Kier molecular flexibility index (Phi) is 3.77. The van der Waals surface area contributed by atoms with E-state index in [0.717, 1.165) is 16.5 Å². The molecular formula is C15H21NO2S2. The van der Waals surface area contributed by atoms with Gasteiger partial charge in [-0.1, -0.05) is 24.3 Å². The third-order valence-corrected chi connectivity index (χ3v) is 9.94. The Labute approximate surface area is 122 Å². The number of rotatable bonds is 3. The summed E-state index contributed by atoms with van der Waals surface area (Å²) < 4.78 is 25.7. The van der Waals surface area contributed by atoms with E-state index in [-0.39, 0.29) is 0 Å². The molecule has 0 aliphatic heterocycles. The van der Waals surface area contributed by atoms with Crippen LogP contribution in [0, 0.1) is 0 Å². The van der Waals surface area contributed by atoms with Crippen molar-refractivity contribution >= 4 is 34.4 Å². The quantitative estimate of drug-likeness (QED) is 0.816. The molecule has 0 fully saturated rings. The Hall–Kier alpha value is -1.20. The normalized spacial score (nSPS) is 13.4. The van der Waals surface area contributed by atoms with E-state index in [2.05, 4.69) is 0 Å². The van der Waals surface area contributed by atoms with Crippen molar-refractivity contribution in [1.29, 1.82) is 0 Å². The molecule has 0 aliphatic carbocycles. The molecule has 0 saturated carbocycles. The maximum atomic E-state index is 12.9. The zero-order chi connectivity index (χ0) is 15.1. The number of hydrogen-bond donors (Lipinski definition) is 0. The Morgan fingerprint density at radius 1 is 0.900 bits per heavy atom. The van der Waals surface area contributed by atoms with Gasteiger partial charge in [0.25, 0.3) is 0 Å². The van der Waals surface area contributed by atoms with Gasteiger partial charge in [-0.3, -0.25) is 0 Å². The van der Waals surface area contributed by atoms with Gasteiger partial charge in [0, 0.05) is 25.2 Å². The van der Waals surface area contributed by atoms with E-state index in [1.807, 2.05) is 68.1 Å². The van der Waals surface area contributed by atoms with E-state index < -0.39 is 17.9 Å². The van der Waals surface area contributed by atoms with Crippen LogP contribution in [0.4, 0.5) is 5.69 Å². The zero-order valence-electron chi connectivity index (χ0n) is 12.5. The summed E-state index contributed by atoms with van der Waals surface area (Å²) in [5.41, 5.74) is 0.935. The van der Waals surface area contributed by atoms with Gasteiger partial charge in [-0.15, -0.1) is 9.06 Å². The van der Waals surface area contributed by atoms with Crippen molar-refractivity contribution in [3.05, 3.63) is 36.4 Å². The monoisotopic (exact) mass is 311 g/mol. The molecule has 5 heteroatoms. The molecule has 110 valence electrons. The molecule has 3 nitrogen and oxygen atoms in total. The second kappa shape index (κ2) is 4.97. The molecule has 0 atom stereocenters. The van der Waals surface area contributed by atoms with Crippen LogP contribution in [0.25, 0.3) is 10.8 Å². The van der Waals surface area contributed by atoms with Gasteiger partial charge in [0.2, 0.25) is 8.87 Å². The van der Waals surface area contributed by atoms with Crippen molar-refractivity contribution < 1.29 is 8.42 Å². The van der Waals surface area contributed by atoms with Gasteiger partial charge in [0.1, 0.15) is 0 Å². The van der Waals surface area contributed by atoms with Crippen molar-refractivity contribution in [3.8, 4) is 0 Å². The summed E-state index contributed by atoms with van der Waals surface area (Å²) in [4.78, 5) is 2.40. The summed E-state index contributed by atoms with van der Waals surface area (Å²) in [7, 11) is -1.17. The zero-order valence-corrected chi connectivity index (χ0v) is 14.2. The van der Waals surface area contributed by atoms with Crippen LogP contribution in [0.1, 0.15) is 0 Å². The first-order chi connectivity index (χ1) is 9.16. The second-order valence-electron chi connectivity index (χ2n) is 5.70. The Balaban J connectivity index is 2.92. The van der Waals surface area contributed by atoms with Crippen molar-refractivity contribution in [1.82, 2.24) is 0 Å². The van der Waals surface area contributed by atoms with Crippen LogP contribution >= 0.6 is 9.06 Å². The van der Waals surface area contributed by atoms with Crippen molar-refractivity contribution in [2.45, 2.75) is 4.90 Å². The molecule has 2 rings (SSSR count). The fourth-order valence-electron chi connectivity index (χ4n) is 2.14. The fraction of sp³-hybridized carbons (Fsp3) is 0.333. The molecule has 0 N–H and O–H groups in total. The molecule has 2 aromatic carbocycles. The number of anilines is 1. The molecule has 0 spiro atoms. The van der Waals surface area contributed by atoms with Gasteiger partial charge < -0.3 is 4.90 Å². The predicted molar refractivity (Wildman–Crippen MR) is 90.8 cm³/mol. The summed E-state index contributed by atoms with van der Waals surface area (Å²) in [6, 6.07) is 11.4.